The van der Waals surface area contributed by atoms with E-state index in [1.165, 1.54) is 0 Å². The minimum absolute atomic E-state index is 0.0518. The quantitative estimate of drug-likeness (QED) is 0.460. The van der Waals surface area contributed by atoms with Crippen molar-refractivity contribution in [1.29, 1.82) is 0 Å². The predicted molar refractivity (Wildman–Crippen MR) is 54.6 cm³/mol. The third-order valence-electron chi connectivity index (χ3n) is 2.52. The van der Waals surface area contributed by atoms with Gasteiger partial charge in [-0.2, -0.15) is 13.2 Å². The van der Waals surface area contributed by atoms with Gasteiger partial charge in [0.05, 0.1) is 12.6 Å². The fourth-order valence-electron chi connectivity index (χ4n) is 1.73. The van der Waals surface area contributed by atoms with Crippen LogP contribution in [0.25, 0.3) is 10.4 Å². The molecular weight excluding hydrogens is 271 g/mol. The van der Waals surface area contributed by atoms with Crippen LogP contribution < -0.4 is 5.73 Å². The second kappa shape index (κ2) is 5.65. The Morgan fingerprint density at radius 1 is 1.47 bits per heavy atom. The highest BCUT2D eigenvalue weighted by molar-refractivity contribution is 5.82. The minimum atomic E-state index is -5.01. The molecule has 19 heavy (non-hydrogen) atoms. The van der Waals surface area contributed by atoms with Crippen molar-refractivity contribution in [2.45, 2.75) is 24.7 Å². The Kier molecular flexibility index (Phi) is 4.43. The summed E-state index contributed by atoms with van der Waals surface area (Å²) >= 11 is 0. The standard InChI is InChI=1S/C8H10F3N5O3/c9-8(10,11)6(17)16-2-1-4(14-15-13)5(3-16)19-7(12)18/h4-5H,1-3H2,(H2,12,18)/t4-,5+/m1/s1. The van der Waals surface area contributed by atoms with E-state index in [9.17, 15) is 22.8 Å². The van der Waals surface area contributed by atoms with E-state index in [0.29, 0.717) is 4.90 Å². The third-order valence-corrected chi connectivity index (χ3v) is 2.52. The molecule has 0 bridgehead atoms. The Morgan fingerprint density at radius 2 is 2.11 bits per heavy atom. The van der Waals surface area contributed by atoms with Crippen LogP contribution in [0.15, 0.2) is 5.11 Å². The van der Waals surface area contributed by atoms with Crippen LogP contribution in [0.3, 0.4) is 0 Å². The number of rotatable bonds is 2. The smallest absolute Gasteiger partial charge is 0.444 e. The van der Waals surface area contributed by atoms with Gasteiger partial charge in [-0.3, -0.25) is 4.79 Å². The molecule has 2 N–H and O–H groups in total. The second-order valence-corrected chi connectivity index (χ2v) is 3.79. The first-order valence-corrected chi connectivity index (χ1v) is 5.12. The monoisotopic (exact) mass is 281 g/mol. The lowest BCUT2D eigenvalue weighted by atomic mass is 10.0. The van der Waals surface area contributed by atoms with E-state index in [1.807, 2.05) is 0 Å². The number of alkyl halides is 3. The lowest BCUT2D eigenvalue weighted by molar-refractivity contribution is -0.188. The van der Waals surface area contributed by atoms with Gasteiger partial charge in [0.1, 0.15) is 6.10 Å². The van der Waals surface area contributed by atoms with Gasteiger partial charge in [-0.05, 0) is 12.0 Å². The summed E-state index contributed by atoms with van der Waals surface area (Å²) in [5.74, 6) is -2.04. The van der Waals surface area contributed by atoms with Gasteiger partial charge in [0, 0.05) is 11.5 Å². The number of carbonyl (C=O) groups is 2. The van der Waals surface area contributed by atoms with Crippen LogP contribution in [0, 0.1) is 0 Å². The molecule has 0 radical (unpaired) electrons. The van der Waals surface area contributed by atoms with E-state index < -0.39 is 36.9 Å². The number of primary amides is 1. The normalized spacial score (nSPS) is 23.4. The number of nitrogens with two attached hydrogens (primary N) is 1. The van der Waals surface area contributed by atoms with Gasteiger partial charge in [-0.1, -0.05) is 5.11 Å². The number of hydrogen-bond donors (Lipinski definition) is 1. The molecule has 1 rings (SSSR count). The number of azide groups is 1. The summed E-state index contributed by atoms with van der Waals surface area (Å²) in [4.78, 5) is 24.7. The number of amides is 2. The summed E-state index contributed by atoms with van der Waals surface area (Å²) in [5.41, 5.74) is 13.1. The number of halogens is 3. The van der Waals surface area contributed by atoms with Crippen molar-refractivity contribution in [2.24, 2.45) is 10.8 Å². The van der Waals surface area contributed by atoms with Gasteiger partial charge in [-0.15, -0.1) is 0 Å². The summed E-state index contributed by atoms with van der Waals surface area (Å²) in [7, 11) is 0. The molecule has 0 aromatic rings. The molecule has 0 saturated carbocycles. The van der Waals surface area contributed by atoms with Crippen molar-refractivity contribution in [1.82, 2.24) is 4.90 Å². The summed E-state index contributed by atoms with van der Waals surface area (Å²) in [6.45, 7) is -0.772. The molecule has 1 saturated heterocycles. The van der Waals surface area contributed by atoms with Gasteiger partial charge in [-0.25, -0.2) is 4.79 Å². The van der Waals surface area contributed by atoms with E-state index >= 15 is 0 Å². The Morgan fingerprint density at radius 3 is 2.58 bits per heavy atom. The first-order chi connectivity index (χ1) is 8.75. The zero-order chi connectivity index (χ0) is 14.6. The third kappa shape index (κ3) is 3.91. The Hall–Kier alpha value is -2.16. The van der Waals surface area contributed by atoms with Crippen LogP contribution in [0.1, 0.15) is 6.42 Å². The summed E-state index contributed by atoms with van der Waals surface area (Å²) in [6.07, 6.45) is -7.47. The molecule has 8 nitrogen and oxygen atoms in total. The van der Waals surface area contributed by atoms with Crippen LogP contribution in [-0.4, -0.2) is 48.3 Å². The highest BCUT2D eigenvalue weighted by Crippen LogP contribution is 2.24. The van der Waals surface area contributed by atoms with Gasteiger partial charge in [0.25, 0.3) is 0 Å². The Balaban J connectivity index is 2.81. The molecule has 0 aromatic heterocycles. The fraction of sp³-hybridized carbons (Fsp3) is 0.750. The van der Waals surface area contributed by atoms with E-state index in [-0.39, 0.29) is 13.0 Å². The van der Waals surface area contributed by atoms with Crippen molar-refractivity contribution in [2.75, 3.05) is 13.1 Å². The highest BCUT2D eigenvalue weighted by atomic mass is 19.4. The SMILES string of the molecule is [N-]=[N+]=N[C@@H]1CCN(C(=O)C(F)(F)F)C[C@@H]1OC(N)=O. The number of ether oxygens (including phenoxy) is 1. The van der Waals surface area contributed by atoms with Crippen molar-refractivity contribution in [3.05, 3.63) is 10.4 Å². The predicted octanol–water partition coefficient (Wildman–Crippen LogP) is 0.924. The zero-order valence-corrected chi connectivity index (χ0v) is 9.50. The first-order valence-electron chi connectivity index (χ1n) is 5.12. The average Bonchev–Trinajstić information content (AvgIpc) is 2.29. The molecule has 2 atom stereocenters. The molecule has 106 valence electrons. The van der Waals surface area contributed by atoms with Gasteiger partial charge >= 0.3 is 18.2 Å². The van der Waals surface area contributed by atoms with Crippen LogP contribution in [0.2, 0.25) is 0 Å². The molecule has 2 amide bonds. The van der Waals surface area contributed by atoms with Crippen LogP contribution in [-0.2, 0) is 9.53 Å². The largest absolute Gasteiger partial charge is 0.471 e. The van der Waals surface area contributed by atoms with Crippen LogP contribution in [0.5, 0.6) is 0 Å². The van der Waals surface area contributed by atoms with Gasteiger partial charge in [0.2, 0.25) is 0 Å². The zero-order valence-electron chi connectivity index (χ0n) is 9.50. The van der Waals surface area contributed by atoms with E-state index in [1.54, 1.807) is 0 Å². The van der Waals surface area contributed by atoms with Crippen molar-refractivity contribution < 1.29 is 27.5 Å². The number of carbonyl (C=O) groups excluding carboxylic acids is 2. The number of nitrogens with zero attached hydrogens (tertiary/aromatic N) is 4. The van der Waals surface area contributed by atoms with Gasteiger partial charge in [0.15, 0.2) is 0 Å². The van der Waals surface area contributed by atoms with Crippen molar-refractivity contribution in [3.8, 4) is 0 Å². The highest BCUT2D eigenvalue weighted by Gasteiger charge is 2.45. The van der Waals surface area contributed by atoms with E-state index in [2.05, 4.69) is 14.8 Å². The lowest BCUT2D eigenvalue weighted by Crippen LogP contribution is -2.53. The molecule has 1 aliphatic rings. The van der Waals surface area contributed by atoms with Crippen molar-refractivity contribution in [3.63, 3.8) is 0 Å². The average molecular weight is 281 g/mol. The molecule has 0 unspecified atom stereocenters. The minimum Gasteiger partial charge on any atom is -0.444 e. The molecule has 11 heteroatoms. The molecule has 0 aliphatic carbocycles. The van der Waals surface area contributed by atoms with Crippen molar-refractivity contribution >= 4 is 12.0 Å². The molecule has 1 aliphatic heterocycles. The van der Waals surface area contributed by atoms with Gasteiger partial charge < -0.3 is 15.4 Å². The maximum atomic E-state index is 12.3. The number of likely N-dealkylation sites (tertiary alicyclic amines) is 1. The fourth-order valence-corrected chi connectivity index (χ4v) is 1.73. The second-order valence-electron chi connectivity index (χ2n) is 3.79. The maximum Gasteiger partial charge on any atom is 0.471 e. The molecule has 1 fully saturated rings. The topological polar surface area (TPSA) is 121 Å². The Bertz CT molecular complexity index is 420. The molecule has 0 aromatic carbocycles. The first kappa shape index (κ1) is 14.9. The summed E-state index contributed by atoms with van der Waals surface area (Å²) < 4.78 is 41.4. The summed E-state index contributed by atoms with van der Waals surface area (Å²) in [6, 6.07) is -0.852. The Labute approximate surface area is 104 Å². The molecule has 1 heterocycles. The van der Waals surface area contributed by atoms with E-state index in [0.717, 1.165) is 0 Å². The van der Waals surface area contributed by atoms with Crippen LogP contribution in [0.4, 0.5) is 18.0 Å². The maximum absolute atomic E-state index is 12.3. The lowest BCUT2D eigenvalue weighted by Gasteiger charge is -2.35. The molecular formula is C8H10F3N5O3. The van der Waals surface area contributed by atoms with Crippen LogP contribution >= 0.6 is 0 Å². The summed E-state index contributed by atoms with van der Waals surface area (Å²) in [5, 5.41) is 3.30. The van der Waals surface area contributed by atoms with E-state index in [4.69, 9.17) is 11.3 Å². The number of hydrogen-bond acceptors (Lipinski definition) is 4. The number of piperidine rings is 1. The molecule has 0 spiro atoms.